The number of amides is 3. The van der Waals surface area contributed by atoms with Crippen LogP contribution < -0.4 is 10.6 Å². The second-order valence-electron chi connectivity index (χ2n) is 9.81. The van der Waals surface area contributed by atoms with Crippen LogP contribution >= 0.6 is 23.2 Å². The molecule has 1 aliphatic heterocycles. The molecular weight excluding hydrogens is 609 g/mol. The predicted molar refractivity (Wildman–Crippen MR) is 163 cm³/mol. The Morgan fingerprint density at radius 1 is 1.05 bits per heavy atom. The summed E-state index contributed by atoms with van der Waals surface area (Å²) in [6, 6.07) is 12.8. The third-order valence-electron chi connectivity index (χ3n) is 6.92. The molecule has 3 heterocycles. The molecule has 4 aromatic rings. The van der Waals surface area contributed by atoms with Crippen LogP contribution in [0.5, 0.6) is 0 Å². The maximum Gasteiger partial charge on any atom is 0.411 e. The zero-order chi connectivity index (χ0) is 31.1. The van der Waals surface area contributed by atoms with E-state index in [9.17, 15) is 14.4 Å². The van der Waals surface area contributed by atoms with Crippen molar-refractivity contribution in [2.45, 2.75) is 25.3 Å². The molecule has 1 fully saturated rings. The number of hydrogen-bond acceptors (Lipinski definition) is 9. The zero-order valence-electron chi connectivity index (χ0n) is 23.5. The van der Waals surface area contributed by atoms with Gasteiger partial charge in [-0.2, -0.15) is 4.68 Å². The second kappa shape index (κ2) is 14.1. The SMILES string of the molecule is COC(=O)Nc1ccc(-c2cc(C(CC(=O)N3CCCC3)NC(=O)C=Cc3cc(Cl)ccc3-n3cnnn3)c(Cl)nn2)cc1. The lowest BCUT2D eigenvalue weighted by Gasteiger charge is -2.22. The molecule has 44 heavy (non-hydrogen) atoms. The largest absolute Gasteiger partial charge is 0.453 e. The molecule has 13 nitrogen and oxygen atoms in total. The molecule has 2 aromatic heterocycles. The van der Waals surface area contributed by atoms with E-state index in [0.29, 0.717) is 51.9 Å². The van der Waals surface area contributed by atoms with Gasteiger partial charge in [-0.3, -0.25) is 14.9 Å². The van der Waals surface area contributed by atoms with E-state index in [2.05, 4.69) is 41.1 Å². The van der Waals surface area contributed by atoms with E-state index in [1.54, 1.807) is 59.5 Å². The quantitative estimate of drug-likeness (QED) is 0.253. The normalized spacial score (nSPS) is 13.6. The van der Waals surface area contributed by atoms with Crippen LogP contribution in [0.3, 0.4) is 0 Å². The number of hydrogen-bond donors (Lipinski definition) is 2. The number of carbonyl (C=O) groups excluding carboxylic acids is 3. The van der Waals surface area contributed by atoms with Crippen LogP contribution in [0.15, 0.2) is 60.9 Å². The molecule has 1 saturated heterocycles. The highest BCUT2D eigenvalue weighted by molar-refractivity contribution is 6.31. The number of likely N-dealkylation sites (tertiary alicyclic amines) is 1. The lowest BCUT2D eigenvalue weighted by Crippen LogP contribution is -2.35. The van der Waals surface area contributed by atoms with E-state index in [4.69, 9.17) is 23.2 Å². The number of benzene rings is 2. The molecule has 5 rings (SSSR count). The van der Waals surface area contributed by atoms with E-state index in [0.717, 1.165) is 12.8 Å². The molecule has 2 aromatic carbocycles. The van der Waals surface area contributed by atoms with E-state index in [1.807, 2.05) is 0 Å². The Kier molecular flexibility index (Phi) is 9.77. The molecule has 0 spiro atoms. The minimum absolute atomic E-state index is 0.0283. The minimum Gasteiger partial charge on any atom is -0.453 e. The van der Waals surface area contributed by atoms with E-state index in [-0.39, 0.29) is 17.5 Å². The van der Waals surface area contributed by atoms with Crippen molar-refractivity contribution in [2.24, 2.45) is 0 Å². The smallest absolute Gasteiger partial charge is 0.411 e. The number of rotatable bonds is 9. The molecule has 1 atom stereocenters. The fourth-order valence-corrected chi connectivity index (χ4v) is 5.11. The number of ether oxygens (including phenoxy) is 1. The highest BCUT2D eigenvalue weighted by Crippen LogP contribution is 2.29. The first-order valence-corrected chi connectivity index (χ1v) is 14.3. The number of aromatic nitrogens is 6. The number of nitrogens with one attached hydrogen (secondary N) is 2. The average Bonchev–Trinajstić information content (AvgIpc) is 3.76. The number of methoxy groups -OCH3 is 1. The van der Waals surface area contributed by atoms with Crippen LogP contribution in [0.1, 0.15) is 36.4 Å². The average molecular weight is 636 g/mol. The highest BCUT2D eigenvalue weighted by Gasteiger charge is 2.26. The standard InChI is InChI=1S/C29H27Cl2N9O4/c1-44-29(43)33-21-8-4-18(5-9-21)23-15-22(28(31)36-35-23)24(16-27(42)39-12-2-3-13-39)34-26(41)11-6-19-14-20(30)7-10-25(19)40-17-32-37-38-40/h4-11,14-15,17,24H,2-3,12-13,16H2,1H3,(H,33,43)(H,34,41). The summed E-state index contributed by atoms with van der Waals surface area (Å²) in [5.74, 6) is -0.584. The molecule has 226 valence electrons. The first kappa shape index (κ1) is 30.6. The second-order valence-corrected chi connectivity index (χ2v) is 10.6. The van der Waals surface area contributed by atoms with Crippen LogP contribution in [-0.2, 0) is 14.3 Å². The van der Waals surface area contributed by atoms with Gasteiger partial charge in [0.25, 0.3) is 0 Å². The van der Waals surface area contributed by atoms with Crippen molar-refractivity contribution in [3.63, 3.8) is 0 Å². The van der Waals surface area contributed by atoms with Crippen molar-refractivity contribution >= 4 is 52.9 Å². The Labute approximate surface area is 262 Å². The lowest BCUT2D eigenvalue weighted by molar-refractivity contribution is -0.130. The van der Waals surface area contributed by atoms with Gasteiger partial charge in [-0.25, -0.2) is 4.79 Å². The minimum atomic E-state index is -0.805. The van der Waals surface area contributed by atoms with Crippen LogP contribution in [0, 0.1) is 0 Å². The van der Waals surface area contributed by atoms with Gasteiger partial charge in [0.1, 0.15) is 6.33 Å². The Morgan fingerprint density at radius 2 is 1.82 bits per heavy atom. The molecule has 3 amide bonds. The summed E-state index contributed by atoms with van der Waals surface area (Å²) in [5, 5.41) is 25.6. The van der Waals surface area contributed by atoms with E-state index in [1.165, 1.54) is 24.2 Å². The summed E-state index contributed by atoms with van der Waals surface area (Å²) < 4.78 is 6.07. The fraction of sp³-hybridized carbons (Fsp3) is 0.241. The topological polar surface area (TPSA) is 157 Å². The van der Waals surface area contributed by atoms with Gasteiger partial charge >= 0.3 is 6.09 Å². The molecule has 0 saturated carbocycles. The summed E-state index contributed by atoms with van der Waals surface area (Å²) in [6.07, 6.45) is 5.58. The Bertz CT molecular complexity index is 1670. The maximum absolute atomic E-state index is 13.3. The third-order valence-corrected chi connectivity index (χ3v) is 7.45. The van der Waals surface area contributed by atoms with Crippen LogP contribution in [-0.4, -0.2) is 73.4 Å². The van der Waals surface area contributed by atoms with E-state index >= 15 is 0 Å². The predicted octanol–water partition coefficient (Wildman–Crippen LogP) is 4.49. The summed E-state index contributed by atoms with van der Waals surface area (Å²) in [7, 11) is 1.28. The van der Waals surface area contributed by atoms with Crippen molar-refractivity contribution in [3.8, 4) is 16.9 Å². The first-order valence-electron chi connectivity index (χ1n) is 13.6. The fourth-order valence-electron chi connectivity index (χ4n) is 4.70. The monoisotopic (exact) mass is 635 g/mol. The summed E-state index contributed by atoms with van der Waals surface area (Å²) in [4.78, 5) is 39.8. The van der Waals surface area contributed by atoms with Gasteiger partial charge < -0.3 is 15.0 Å². The Balaban J connectivity index is 1.41. The molecule has 1 aliphatic rings. The number of tetrazole rings is 1. The van der Waals surface area contributed by atoms with Crippen molar-refractivity contribution in [1.82, 2.24) is 40.6 Å². The number of halogens is 2. The molecule has 1 unspecified atom stereocenters. The van der Waals surface area contributed by atoms with Gasteiger partial charge in [0.15, 0.2) is 5.15 Å². The van der Waals surface area contributed by atoms with Crippen LogP contribution in [0.4, 0.5) is 10.5 Å². The van der Waals surface area contributed by atoms with Gasteiger partial charge in [-0.1, -0.05) is 35.3 Å². The molecule has 0 bridgehead atoms. The summed E-state index contributed by atoms with van der Waals surface area (Å²) in [6.45, 7) is 1.32. The number of carbonyl (C=O) groups is 3. The number of nitrogens with zero attached hydrogens (tertiary/aromatic N) is 7. The van der Waals surface area contributed by atoms with Crippen molar-refractivity contribution in [2.75, 3.05) is 25.5 Å². The zero-order valence-corrected chi connectivity index (χ0v) is 25.0. The molecule has 2 N–H and O–H groups in total. The van der Waals surface area contributed by atoms with Crippen LogP contribution in [0.2, 0.25) is 10.2 Å². The molecular formula is C29H27Cl2N9O4. The van der Waals surface area contributed by atoms with Gasteiger partial charge in [0.05, 0.1) is 31.0 Å². The van der Waals surface area contributed by atoms with Gasteiger partial charge in [0, 0.05) is 46.6 Å². The van der Waals surface area contributed by atoms with Crippen LogP contribution in [0.25, 0.3) is 23.0 Å². The Morgan fingerprint density at radius 3 is 2.52 bits per heavy atom. The highest BCUT2D eigenvalue weighted by atomic mass is 35.5. The Hall–Kier alpha value is -4.88. The number of anilines is 1. The molecule has 0 radical (unpaired) electrons. The van der Waals surface area contributed by atoms with Gasteiger partial charge in [-0.05, 0) is 65.7 Å². The first-order chi connectivity index (χ1) is 21.3. The maximum atomic E-state index is 13.3. The molecule has 0 aliphatic carbocycles. The third kappa shape index (κ3) is 7.54. The summed E-state index contributed by atoms with van der Waals surface area (Å²) in [5.41, 5.74) is 3.31. The lowest BCUT2D eigenvalue weighted by atomic mass is 10.0. The summed E-state index contributed by atoms with van der Waals surface area (Å²) >= 11 is 12.7. The van der Waals surface area contributed by atoms with Gasteiger partial charge in [-0.15, -0.1) is 15.3 Å². The van der Waals surface area contributed by atoms with Crippen molar-refractivity contribution in [1.29, 1.82) is 0 Å². The van der Waals surface area contributed by atoms with Crippen molar-refractivity contribution in [3.05, 3.63) is 82.2 Å². The van der Waals surface area contributed by atoms with Crippen molar-refractivity contribution < 1.29 is 19.1 Å². The van der Waals surface area contributed by atoms with E-state index < -0.39 is 18.0 Å². The molecule has 15 heteroatoms. The van der Waals surface area contributed by atoms with Gasteiger partial charge in [0.2, 0.25) is 11.8 Å².